The Morgan fingerprint density at radius 2 is 2.10 bits per heavy atom. The molecule has 2 aromatic rings. The molecule has 0 fully saturated rings. The van der Waals surface area contributed by atoms with Gasteiger partial charge in [-0.25, -0.2) is 0 Å². The van der Waals surface area contributed by atoms with E-state index in [4.69, 9.17) is 25.8 Å². The molecule has 5 heteroatoms. The van der Waals surface area contributed by atoms with Crippen LogP contribution in [-0.4, -0.2) is 13.9 Å². The van der Waals surface area contributed by atoms with Crippen molar-refractivity contribution in [3.63, 3.8) is 0 Å². The van der Waals surface area contributed by atoms with Crippen LogP contribution in [-0.2, 0) is 6.54 Å². The second kappa shape index (κ2) is 5.74. The number of rotatable bonds is 4. The van der Waals surface area contributed by atoms with E-state index in [2.05, 4.69) is 5.32 Å². The summed E-state index contributed by atoms with van der Waals surface area (Å²) >= 11 is 6.22. The molecule has 0 radical (unpaired) electrons. The molecule has 0 atom stereocenters. The van der Waals surface area contributed by atoms with Gasteiger partial charge in [-0.1, -0.05) is 17.7 Å². The molecule has 0 saturated carbocycles. The number of anilines is 1. The van der Waals surface area contributed by atoms with Gasteiger partial charge >= 0.3 is 0 Å². The van der Waals surface area contributed by atoms with Crippen molar-refractivity contribution in [2.75, 3.05) is 19.2 Å². The summed E-state index contributed by atoms with van der Waals surface area (Å²) in [5.74, 6) is 2.05. The molecule has 1 aliphatic heterocycles. The summed E-state index contributed by atoms with van der Waals surface area (Å²) in [7, 11) is 1.62. The number of aryl methyl sites for hydroxylation is 1. The third-order valence-electron chi connectivity index (χ3n) is 3.33. The van der Waals surface area contributed by atoms with Gasteiger partial charge in [0.15, 0.2) is 11.5 Å². The second-order valence-corrected chi connectivity index (χ2v) is 5.28. The molecule has 1 aliphatic rings. The summed E-state index contributed by atoms with van der Waals surface area (Å²) in [6.45, 7) is 2.86. The third-order valence-corrected chi connectivity index (χ3v) is 3.64. The van der Waals surface area contributed by atoms with E-state index in [-0.39, 0.29) is 6.79 Å². The van der Waals surface area contributed by atoms with E-state index in [0.29, 0.717) is 28.8 Å². The van der Waals surface area contributed by atoms with Crippen LogP contribution in [0, 0.1) is 6.92 Å². The average molecular weight is 306 g/mol. The molecule has 2 aromatic carbocycles. The highest BCUT2D eigenvalue weighted by molar-refractivity contribution is 6.33. The van der Waals surface area contributed by atoms with Crippen molar-refractivity contribution in [2.24, 2.45) is 0 Å². The van der Waals surface area contributed by atoms with Crippen molar-refractivity contribution < 1.29 is 14.2 Å². The van der Waals surface area contributed by atoms with Crippen LogP contribution in [0.2, 0.25) is 5.02 Å². The highest BCUT2D eigenvalue weighted by Gasteiger charge is 2.19. The first kappa shape index (κ1) is 13.9. The fraction of sp³-hybridized carbons (Fsp3) is 0.250. The van der Waals surface area contributed by atoms with Gasteiger partial charge in [-0.15, -0.1) is 0 Å². The summed E-state index contributed by atoms with van der Waals surface area (Å²) in [6, 6.07) is 9.81. The van der Waals surface area contributed by atoms with E-state index in [1.165, 1.54) is 0 Å². The Bertz CT molecular complexity index is 673. The van der Waals surface area contributed by atoms with Gasteiger partial charge in [0.05, 0.1) is 17.8 Å². The highest BCUT2D eigenvalue weighted by Crippen LogP contribution is 2.42. The molecule has 0 aliphatic carbocycles. The maximum Gasteiger partial charge on any atom is 0.231 e. The topological polar surface area (TPSA) is 39.7 Å². The van der Waals surface area contributed by atoms with Crippen LogP contribution in [0.1, 0.15) is 11.1 Å². The third kappa shape index (κ3) is 2.85. The van der Waals surface area contributed by atoms with Crippen molar-refractivity contribution in [1.82, 2.24) is 0 Å². The number of fused-ring (bicyclic) bond motifs is 1. The van der Waals surface area contributed by atoms with Gasteiger partial charge in [-0.2, -0.15) is 0 Å². The number of hydrogen-bond donors (Lipinski definition) is 1. The van der Waals surface area contributed by atoms with Crippen molar-refractivity contribution in [3.05, 3.63) is 46.5 Å². The van der Waals surface area contributed by atoms with Gasteiger partial charge in [0.2, 0.25) is 12.5 Å². The Labute approximate surface area is 128 Å². The Morgan fingerprint density at radius 1 is 1.24 bits per heavy atom. The molecule has 0 amide bonds. The molecule has 1 heterocycles. The number of halogens is 1. The first-order valence-electron chi connectivity index (χ1n) is 6.64. The standard InChI is InChI=1S/C16H16ClNO3/c1-10-3-4-13(12(17)5-10)18-8-11-6-14(19-2)16-15(7-11)20-9-21-16/h3-7,18H,8-9H2,1-2H3. The quantitative estimate of drug-likeness (QED) is 0.927. The smallest absolute Gasteiger partial charge is 0.231 e. The summed E-state index contributed by atoms with van der Waals surface area (Å²) in [4.78, 5) is 0. The average Bonchev–Trinajstić information content (AvgIpc) is 2.93. The Hall–Kier alpha value is -2.07. The summed E-state index contributed by atoms with van der Waals surface area (Å²) in [6.07, 6.45) is 0. The summed E-state index contributed by atoms with van der Waals surface area (Å²) < 4.78 is 16.1. The van der Waals surface area contributed by atoms with Gasteiger partial charge in [0, 0.05) is 6.54 Å². The lowest BCUT2D eigenvalue weighted by atomic mass is 10.1. The van der Waals surface area contributed by atoms with E-state index in [9.17, 15) is 0 Å². The van der Waals surface area contributed by atoms with Gasteiger partial charge in [-0.3, -0.25) is 0 Å². The molecule has 0 unspecified atom stereocenters. The number of hydrogen-bond acceptors (Lipinski definition) is 4. The van der Waals surface area contributed by atoms with Crippen LogP contribution < -0.4 is 19.5 Å². The van der Waals surface area contributed by atoms with E-state index >= 15 is 0 Å². The summed E-state index contributed by atoms with van der Waals surface area (Å²) in [5, 5.41) is 4.03. The normalized spacial score (nSPS) is 12.3. The first-order valence-corrected chi connectivity index (χ1v) is 7.01. The lowest BCUT2D eigenvalue weighted by Gasteiger charge is -2.11. The molecule has 0 spiro atoms. The predicted octanol–water partition coefficient (Wildman–Crippen LogP) is 4.00. The number of methoxy groups -OCH3 is 1. The molecule has 1 N–H and O–H groups in total. The summed E-state index contributed by atoms with van der Waals surface area (Å²) in [5.41, 5.74) is 3.07. The largest absolute Gasteiger partial charge is 0.493 e. The van der Waals surface area contributed by atoms with Crippen molar-refractivity contribution in [3.8, 4) is 17.2 Å². The van der Waals surface area contributed by atoms with Crippen LogP contribution in [0.5, 0.6) is 17.2 Å². The van der Waals surface area contributed by atoms with Gasteiger partial charge in [0.1, 0.15) is 0 Å². The van der Waals surface area contributed by atoms with Crippen LogP contribution >= 0.6 is 11.6 Å². The monoisotopic (exact) mass is 305 g/mol. The zero-order chi connectivity index (χ0) is 14.8. The van der Waals surface area contributed by atoms with Crippen molar-refractivity contribution >= 4 is 17.3 Å². The molecule has 4 nitrogen and oxygen atoms in total. The van der Waals surface area contributed by atoms with Crippen LogP contribution in [0.25, 0.3) is 0 Å². The first-order chi connectivity index (χ1) is 10.2. The second-order valence-electron chi connectivity index (χ2n) is 4.87. The minimum atomic E-state index is 0.229. The zero-order valence-electron chi connectivity index (χ0n) is 11.9. The predicted molar refractivity (Wildman–Crippen MR) is 82.6 cm³/mol. The van der Waals surface area contributed by atoms with E-state index in [0.717, 1.165) is 16.8 Å². The molecular weight excluding hydrogens is 290 g/mol. The minimum absolute atomic E-state index is 0.229. The van der Waals surface area contributed by atoms with Crippen LogP contribution in [0.4, 0.5) is 5.69 Å². The van der Waals surface area contributed by atoms with E-state index in [1.807, 2.05) is 37.3 Å². The maximum absolute atomic E-state index is 6.22. The van der Waals surface area contributed by atoms with Crippen LogP contribution in [0.15, 0.2) is 30.3 Å². The molecule has 21 heavy (non-hydrogen) atoms. The van der Waals surface area contributed by atoms with E-state index < -0.39 is 0 Å². The Morgan fingerprint density at radius 3 is 2.86 bits per heavy atom. The fourth-order valence-corrected chi connectivity index (χ4v) is 2.55. The maximum atomic E-state index is 6.22. The molecular formula is C16H16ClNO3. The highest BCUT2D eigenvalue weighted by atomic mass is 35.5. The van der Waals surface area contributed by atoms with Crippen molar-refractivity contribution in [1.29, 1.82) is 0 Å². The molecule has 110 valence electrons. The fourth-order valence-electron chi connectivity index (χ4n) is 2.25. The lowest BCUT2D eigenvalue weighted by molar-refractivity contribution is 0.171. The Kier molecular flexibility index (Phi) is 3.80. The van der Waals surface area contributed by atoms with Crippen LogP contribution in [0.3, 0.4) is 0 Å². The van der Waals surface area contributed by atoms with Gasteiger partial charge < -0.3 is 19.5 Å². The SMILES string of the molecule is COc1cc(CNc2ccc(C)cc2Cl)cc2c1OCO2. The van der Waals surface area contributed by atoms with E-state index in [1.54, 1.807) is 7.11 Å². The minimum Gasteiger partial charge on any atom is -0.493 e. The number of ether oxygens (including phenoxy) is 3. The molecule has 0 bridgehead atoms. The molecule has 3 rings (SSSR count). The molecule has 0 saturated heterocycles. The van der Waals surface area contributed by atoms with Gasteiger partial charge in [-0.05, 0) is 42.3 Å². The Balaban J connectivity index is 1.79. The number of benzene rings is 2. The van der Waals surface area contributed by atoms with Gasteiger partial charge in [0.25, 0.3) is 0 Å². The molecule has 0 aromatic heterocycles. The lowest BCUT2D eigenvalue weighted by Crippen LogP contribution is -2.01. The van der Waals surface area contributed by atoms with Crippen molar-refractivity contribution in [2.45, 2.75) is 13.5 Å². The zero-order valence-corrected chi connectivity index (χ0v) is 12.7. The number of nitrogens with one attached hydrogen (secondary N) is 1.